The van der Waals surface area contributed by atoms with E-state index in [2.05, 4.69) is 35.1 Å². The number of fused-ring (bicyclic) bond motifs is 1. The third kappa shape index (κ3) is 2.24. The molecule has 1 atom stereocenters. The highest BCUT2D eigenvalue weighted by atomic mass is 79.9. The van der Waals surface area contributed by atoms with E-state index in [0.717, 1.165) is 34.5 Å². The van der Waals surface area contributed by atoms with Crippen LogP contribution in [0.2, 0.25) is 0 Å². The molecule has 3 nitrogen and oxygen atoms in total. The molecule has 1 aliphatic rings. The van der Waals surface area contributed by atoms with Crippen molar-refractivity contribution in [3.05, 3.63) is 45.8 Å². The van der Waals surface area contributed by atoms with Crippen LogP contribution in [0.1, 0.15) is 43.5 Å². The molecule has 0 aliphatic carbocycles. The van der Waals surface area contributed by atoms with Gasteiger partial charge in [-0.1, -0.05) is 26.0 Å². The lowest BCUT2D eigenvalue weighted by atomic mass is 10.0. The minimum absolute atomic E-state index is 0.163. The standard InChI is InChI=1S/C15H17BrFN3/c1-9(2)14-13(16)15-18-8-7-12(20(15)19-14)10-3-5-11(17)6-4-10/h3-6,9,12,18H,7-8H2,1-2H3. The van der Waals surface area contributed by atoms with Crippen LogP contribution < -0.4 is 5.32 Å². The van der Waals surface area contributed by atoms with Gasteiger partial charge in [-0.05, 0) is 46.0 Å². The van der Waals surface area contributed by atoms with E-state index in [1.807, 2.05) is 16.8 Å². The Morgan fingerprint density at radius 3 is 2.70 bits per heavy atom. The largest absolute Gasteiger partial charge is 0.369 e. The van der Waals surface area contributed by atoms with Crippen LogP contribution in [-0.4, -0.2) is 16.3 Å². The highest BCUT2D eigenvalue weighted by molar-refractivity contribution is 9.10. The van der Waals surface area contributed by atoms with Crippen LogP contribution in [0.4, 0.5) is 10.2 Å². The van der Waals surface area contributed by atoms with E-state index in [0.29, 0.717) is 5.92 Å². The number of hydrogen-bond donors (Lipinski definition) is 1. The molecule has 0 saturated heterocycles. The molecular weight excluding hydrogens is 321 g/mol. The molecule has 20 heavy (non-hydrogen) atoms. The second kappa shape index (κ2) is 5.20. The molecule has 0 saturated carbocycles. The number of rotatable bonds is 2. The lowest BCUT2D eigenvalue weighted by Gasteiger charge is -2.26. The summed E-state index contributed by atoms with van der Waals surface area (Å²) < 4.78 is 16.1. The Kier molecular flexibility index (Phi) is 3.54. The fourth-order valence-electron chi connectivity index (χ4n) is 2.63. The van der Waals surface area contributed by atoms with Crippen LogP contribution in [0.15, 0.2) is 28.7 Å². The second-order valence-electron chi connectivity index (χ2n) is 5.43. The predicted octanol–water partition coefficient (Wildman–Crippen LogP) is 4.31. The first kappa shape index (κ1) is 13.6. The van der Waals surface area contributed by atoms with E-state index < -0.39 is 0 Å². The van der Waals surface area contributed by atoms with Gasteiger partial charge >= 0.3 is 0 Å². The topological polar surface area (TPSA) is 29.9 Å². The zero-order valence-corrected chi connectivity index (χ0v) is 13.1. The summed E-state index contributed by atoms with van der Waals surface area (Å²) in [5.74, 6) is 1.18. The minimum Gasteiger partial charge on any atom is -0.369 e. The van der Waals surface area contributed by atoms with E-state index in [9.17, 15) is 4.39 Å². The third-order valence-corrected chi connectivity index (χ3v) is 4.47. The first-order valence-corrected chi connectivity index (χ1v) is 7.64. The van der Waals surface area contributed by atoms with Gasteiger partial charge in [0.2, 0.25) is 0 Å². The van der Waals surface area contributed by atoms with Gasteiger partial charge < -0.3 is 5.32 Å². The summed E-state index contributed by atoms with van der Waals surface area (Å²) in [6.07, 6.45) is 0.949. The monoisotopic (exact) mass is 337 g/mol. The van der Waals surface area contributed by atoms with Crippen molar-refractivity contribution in [3.8, 4) is 0 Å². The molecule has 1 aromatic heterocycles. The molecule has 1 unspecified atom stereocenters. The van der Waals surface area contributed by atoms with Gasteiger partial charge in [-0.2, -0.15) is 5.10 Å². The van der Waals surface area contributed by atoms with Gasteiger partial charge in [0.15, 0.2) is 0 Å². The molecule has 0 bridgehead atoms. The fourth-order valence-corrected chi connectivity index (χ4v) is 3.49. The number of aromatic nitrogens is 2. The van der Waals surface area contributed by atoms with Gasteiger partial charge in [0, 0.05) is 6.54 Å². The molecular formula is C15H17BrFN3. The van der Waals surface area contributed by atoms with Gasteiger partial charge in [-0.25, -0.2) is 9.07 Å². The van der Waals surface area contributed by atoms with Gasteiger partial charge in [0.25, 0.3) is 0 Å². The van der Waals surface area contributed by atoms with E-state index in [4.69, 9.17) is 5.10 Å². The smallest absolute Gasteiger partial charge is 0.139 e. The molecule has 106 valence electrons. The van der Waals surface area contributed by atoms with Crippen LogP contribution in [-0.2, 0) is 0 Å². The third-order valence-electron chi connectivity index (χ3n) is 3.68. The molecule has 2 heterocycles. The van der Waals surface area contributed by atoms with Crippen molar-refractivity contribution >= 4 is 21.7 Å². The Hall–Kier alpha value is -1.36. The Morgan fingerprint density at radius 1 is 1.35 bits per heavy atom. The molecule has 2 aromatic rings. The minimum atomic E-state index is -0.201. The summed E-state index contributed by atoms with van der Waals surface area (Å²) in [6, 6.07) is 6.88. The zero-order chi connectivity index (χ0) is 14.3. The Labute approximate surface area is 126 Å². The summed E-state index contributed by atoms with van der Waals surface area (Å²) in [5.41, 5.74) is 2.15. The maximum absolute atomic E-state index is 13.1. The number of nitrogens with one attached hydrogen (secondary N) is 1. The van der Waals surface area contributed by atoms with Crippen molar-refractivity contribution in [1.82, 2.24) is 9.78 Å². The molecule has 0 amide bonds. The van der Waals surface area contributed by atoms with Gasteiger partial charge in [-0.3, -0.25) is 0 Å². The average molecular weight is 338 g/mol. The summed E-state index contributed by atoms with van der Waals surface area (Å²) in [6.45, 7) is 5.15. The van der Waals surface area contributed by atoms with Crippen LogP contribution in [0.5, 0.6) is 0 Å². The zero-order valence-electron chi connectivity index (χ0n) is 11.5. The Morgan fingerprint density at radius 2 is 2.05 bits per heavy atom. The van der Waals surface area contributed by atoms with Gasteiger partial charge in [0.05, 0.1) is 16.2 Å². The summed E-state index contributed by atoms with van der Waals surface area (Å²) in [4.78, 5) is 0. The highest BCUT2D eigenvalue weighted by Crippen LogP contribution is 2.38. The van der Waals surface area contributed by atoms with Gasteiger partial charge in [0.1, 0.15) is 11.6 Å². The van der Waals surface area contributed by atoms with Crippen molar-refractivity contribution in [3.63, 3.8) is 0 Å². The molecule has 3 rings (SSSR count). The summed E-state index contributed by atoms with van der Waals surface area (Å²) in [5, 5.41) is 8.14. The quantitative estimate of drug-likeness (QED) is 0.884. The van der Waals surface area contributed by atoms with E-state index in [1.165, 1.54) is 12.1 Å². The molecule has 1 aliphatic heterocycles. The molecule has 0 spiro atoms. The molecule has 1 N–H and O–H groups in total. The predicted molar refractivity (Wildman–Crippen MR) is 81.7 cm³/mol. The van der Waals surface area contributed by atoms with E-state index in [-0.39, 0.29) is 11.9 Å². The van der Waals surface area contributed by atoms with Crippen molar-refractivity contribution in [2.45, 2.75) is 32.2 Å². The lowest BCUT2D eigenvalue weighted by molar-refractivity contribution is 0.475. The van der Waals surface area contributed by atoms with E-state index >= 15 is 0 Å². The summed E-state index contributed by atoms with van der Waals surface area (Å²) in [7, 11) is 0. The number of benzene rings is 1. The SMILES string of the molecule is CC(C)c1nn2c(c1Br)NCCC2c1ccc(F)cc1. The van der Waals surface area contributed by atoms with Crippen molar-refractivity contribution < 1.29 is 4.39 Å². The summed E-state index contributed by atoms with van der Waals surface area (Å²) >= 11 is 3.64. The van der Waals surface area contributed by atoms with Crippen molar-refractivity contribution in [2.24, 2.45) is 0 Å². The number of nitrogens with zero attached hydrogens (tertiary/aromatic N) is 2. The van der Waals surface area contributed by atoms with Gasteiger partial charge in [-0.15, -0.1) is 0 Å². The Balaban J connectivity index is 2.05. The maximum Gasteiger partial charge on any atom is 0.139 e. The van der Waals surface area contributed by atoms with Crippen LogP contribution in [0.3, 0.4) is 0 Å². The average Bonchev–Trinajstić information content (AvgIpc) is 2.78. The molecule has 0 radical (unpaired) electrons. The second-order valence-corrected chi connectivity index (χ2v) is 6.22. The molecule has 1 aromatic carbocycles. The molecule has 0 fully saturated rings. The normalized spacial score (nSPS) is 17.9. The van der Waals surface area contributed by atoms with Crippen LogP contribution in [0, 0.1) is 5.82 Å². The van der Waals surface area contributed by atoms with Crippen LogP contribution >= 0.6 is 15.9 Å². The maximum atomic E-state index is 13.1. The molecule has 5 heteroatoms. The lowest BCUT2D eigenvalue weighted by Crippen LogP contribution is -2.24. The first-order valence-electron chi connectivity index (χ1n) is 6.85. The fraction of sp³-hybridized carbons (Fsp3) is 0.400. The number of halogens is 2. The van der Waals surface area contributed by atoms with E-state index in [1.54, 1.807) is 0 Å². The van der Waals surface area contributed by atoms with Crippen molar-refractivity contribution in [1.29, 1.82) is 0 Å². The Bertz CT molecular complexity index is 619. The van der Waals surface area contributed by atoms with Crippen LogP contribution in [0.25, 0.3) is 0 Å². The number of hydrogen-bond acceptors (Lipinski definition) is 2. The highest BCUT2D eigenvalue weighted by Gasteiger charge is 2.27. The first-order chi connectivity index (χ1) is 9.58. The van der Waals surface area contributed by atoms with Crippen molar-refractivity contribution in [2.75, 3.05) is 11.9 Å². The number of anilines is 1.